The topological polar surface area (TPSA) is 97.7 Å². The molecule has 8 nitrogen and oxygen atoms in total. The van der Waals surface area contributed by atoms with E-state index in [1.54, 1.807) is 53.4 Å². The van der Waals surface area contributed by atoms with Gasteiger partial charge in [0.1, 0.15) is 5.75 Å². The molecule has 0 radical (unpaired) electrons. The molecule has 8 heteroatoms. The zero-order valence-electron chi connectivity index (χ0n) is 18.7. The van der Waals surface area contributed by atoms with Crippen molar-refractivity contribution in [3.63, 3.8) is 0 Å². The third-order valence-electron chi connectivity index (χ3n) is 5.82. The SMILES string of the molecule is COc1ccc([C@@H]2[C@@H](c3ccc(O)cc3)C(=O)N2c2cc(OC)c(OC)c(OC)c2)cc1O. The van der Waals surface area contributed by atoms with Crippen molar-refractivity contribution in [2.75, 3.05) is 33.3 Å². The number of phenols is 2. The largest absolute Gasteiger partial charge is 0.508 e. The average Bonchev–Trinajstić information content (AvgIpc) is 2.82. The first kappa shape index (κ1) is 22.1. The molecule has 1 heterocycles. The van der Waals surface area contributed by atoms with Crippen LogP contribution in [0.1, 0.15) is 23.1 Å². The Labute approximate surface area is 191 Å². The van der Waals surface area contributed by atoms with Crippen molar-refractivity contribution < 1.29 is 34.0 Å². The molecular formula is C25H25NO7. The number of hydrogen-bond acceptors (Lipinski definition) is 7. The van der Waals surface area contributed by atoms with Crippen molar-refractivity contribution in [2.24, 2.45) is 0 Å². The molecule has 1 aliphatic heterocycles. The molecule has 3 aromatic rings. The standard InChI is InChI=1S/C25H25NO7/c1-30-19-10-7-15(11-18(19)28)23-22(14-5-8-17(27)9-6-14)25(29)26(23)16-12-20(31-2)24(33-4)21(13-16)32-3/h5-13,22-23,27-28H,1-4H3/t22-,23-/m1/s1. The van der Waals surface area contributed by atoms with Crippen molar-refractivity contribution >= 4 is 11.6 Å². The Morgan fingerprint density at radius 3 is 1.82 bits per heavy atom. The zero-order valence-corrected chi connectivity index (χ0v) is 18.7. The molecule has 1 amide bonds. The second kappa shape index (κ2) is 8.82. The molecule has 1 aliphatic rings. The monoisotopic (exact) mass is 451 g/mol. The maximum atomic E-state index is 13.5. The summed E-state index contributed by atoms with van der Waals surface area (Å²) in [5.41, 5.74) is 2.03. The highest BCUT2D eigenvalue weighted by molar-refractivity contribution is 6.07. The molecule has 2 N–H and O–H groups in total. The van der Waals surface area contributed by atoms with E-state index >= 15 is 0 Å². The maximum Gasteiger partial charge on any atom is 0.237 e. The number of β-lactam (4-membered cyclic amide) rings is 1. The number of nitrogens with zero attached hydrogens (tertiary/aromatic N) is 1. The fourth-order valence-electron chi connectivity index (χ4n) is 4.22. The van der Waals surface area contributed by atoms with E-state index in [2.05, 4.69) is 0 Å². The van der Waals surface area contributed by atoms with Crippen molar-refractivity contribution in [1.82, 2.24) is 0 Å². The van der Waals surface area contributed by atoms with Gasteiger partial charge in [-0.25, -0.2) is 0 Å². The number of ether oxygens (including phenoxy) is 4. The van der Waals surface area contributed by atoms with Gasteiger partial charge in [0, 0.05) is 12.1 Å². The number of hydrogen-bond donors (Lipinski definition) is 2. The van der Waals surface area contributed by atoms with Crippen LogP contribution in [0.5, 0.6) is 34.5 Å². The first-order valence-corrected chi connectivity index (χ1v) is 10.2. The molecule has 172 valence electrons. The Bertz CT molecular complexity index is 1150. The van der Waals surface area contributed by atoms with Crippen LogP contribution in [0.2, 0.25) is 0 Å². The lowest BCUT2D eigenvalue weighted by atomic mass is 9.77. The Morgan fingerprint density at radius 2 is 1.30 bits per heavy atom. The highest BCUT2D eigenvalue weighted by Crippen LogP contribution is 2.52. The summed E-state index contributed by atoms with van der Waals surface area (Å²) in [6.07, 6.45) is 0. The molecule has 1 saturated heterocycles. The summed E-state index contributed by atoms with van der Waals surface area (Å²) in [4.78, 5) is 15.1. The van der Waals surface area contributed by atoms with Gasteiger partial charge in [-0.1, -0.05) is 18.2 Å². The molecule has 33 heavy (non-hydrogen) atoms. The van der Waals surface area contributed by atoms with E-state index < -0.39 is 12.0 Å². The second-order valence-electron chi connectivity index (χ2n) is 7.54. The van der Waals surface area contributed by atoms with Crippen molar-refractivity contribution in [2.45, 2.75) is 12.0 Å². The van der Waals surface area contributed by atoms with Crippen LogP contribution in [0.3, 0.4) is 0 Å². The van der Waals surface area contributed by atoms with Crippen LogP contribution in [-0.4, -0.2) is 44.6 Å². The summed E-state index contributed by atoms with van der Waals surface area (Å²) in [5, 5.41) is 20.1. The molecule has 0 unspecified atom stereocenters. The van der Waals surface area contributed by atoms with Crippen molar-refractivity contribution in [1.29, 1.82) is 0 Å². The van der Waals surface area contributed by atoms with Gasteiger partial charge in [-0.05, 0) is 35.4 Å². The Balaban J connectivity index is 1.84. The van der Waals surface area contributed by atoms with E-state index in [4.69, 9.17) is 18.9 Å². The number of phenolic OH excluding ortho intramolecular Hbond substituents is 2. The highest BCUT2D eigenvalue weighted by atomic mass is 16.5. The molecule has 3 aromatic carbocycles. The highest BCUT2D eigenvalue weighted by Gasteiger charge is 2.50. The van der Waals surface area contributed by atoms with E-state index in [0.29, 0.717) is 28.7 Å². The predicted octanol–water partition coefficient (Wildman–Crippen LogP) is 4.00. The second-order valence-corrected chi connectivity index (χ2v) is 7.54. The van der Waals surface area contributed by atoms with Crippen LogP contribution in [0, 0.1) is 0 Å². The summed E-state index contributed by atoms with van der Waals surface area (Å²) in [5.74, 6) is 1.03. The maximum absolute atomic E-state index is 13.5. The molecule has 0 spiro atoms. The minimum atomic E-state index is -0.516. The van der Waals surface area contributed by atoms with Gasteiger partial charge in [-0.2, -0.15) is 0 Å². The van der Waals surface area contributed by atoms with E-state index in [0.717, 1.165) is 11.1 Å². The zero-order chi connectivity index (χ0) is 23.7. The molecule has 0 aromatic heterocycles. The smallest absolute Gasteiger partial charge is 0.237 e. The fraction of sp³-hybridized carbons (Fsp3) is 0.240. The minimum Gasteiger partial charge on any atom is -0.508 e. The lowest BCUT2D eigenvalue weighted by Crippen LogP contribution is -2.53. The van der Waals surface area contributed by atoms with E-state index in [9.17, 15) is 15.0 Å². The number of methoxy groups -OCH3 is 4. The third-order valence-corrected chi connectivity index (χ3v) is 5.82. The van der Waals surface area contributed by atoms with Gasteiger partial charge < -0.3 is 34.1 Å². The van der Waals surface area contributed by atoms with Crippen LogP contribution < -0.4 is 23.8 Å². The number of benzene rings is 3. The summed E-state index contributed by atoms with van der Waals surface area (Å²) in [6, 6.07) is 14.6. The average molecular weight is 451 g/mol. The van der Waals surface area contributed by atoms with E-state index in [1.165, 1.54) is 28.4 Å². The Morgan fingerprint density at radius 1 is 0.727 bits per heavy atom. The van der Waals surface area contributed by atoms with Crippen LogP contribution >= 0.6 is 0 Å². The number of amides is 1. The first-order chi connectivity index (χ1) is 15.9. The molecule has 4 rings (SSSR count). The number of rotatable bonds is 7. The normalized spacial score (nSPS) is 17.3. The molecule has 2 atom stereocenters. The van der Waals surface area contributed by atoms with Crippen LogP contribution in [-0.2, 0) is 4.79 Å². The van der Waals surface area contributed by atoms with Gasteiger partial charge in [0.25, 0.3) is 0 Å². The summed E-state index contributed by atoms with van der Waals surface area (Å²) < 4.78 is 21.5. The number of carbonyl (C=O) groups excluding carboxylic acids is 1. The lowest BCUT2D eigenvalue weighted by molar-refractivity contribution is -0.126. The van der Waals surface area contributed by atoms with Gasteiger partial charge in [0.2, 0.25) is 11.7 Å². The first-order valence-electron chi connectivity index (χ1n) is 10.2. The molecular weight excluding hydrogens is 426 g/mol. The molecule has 0 saturated carbocycles. The van der Waals surface area contributed by atoms with Crippen molar-refractivity contribution in [3.05, 3.63) is 65.7 Å². The van der Waals surface area contributed by atoms with E-state index in [-0.39, 0.29) is 17.4 Å². The predicted molar refractivity (Wildman–Crippen MR) is 122 cm³/mol. The summed E-state index contributed by atoms with van der Waals surface area (Å²) in [6.45, 7) is 0. The number of carbonyl (C=O) groups is 1. The molecule has 0 aliphatic carbocycles. The quantitative estimate of drug-likeness (QED) is 0.524. The Hall–Kier alpha value is -4.07. The third kappa shape index (κ3) is 3.73. The molecule has 1 fully saturated rings. The minimum absolute atomic E-state index is 0.0244. The van der Waals surface area contributed by atoms with Crippen molar-refractivity contribution in [3.8, 4) is 34.5 Å². The van der Waals surface area contributed by atoms with Crippen LogP contribution in [0.25, 0.3) is 0 Å². The van der Waals surface area contributed by atoms with Gasteiger partial charge >= 0.3 is 0 Å². The van der Waals surface area contributed by atoms with Gasteiger partial charge in [-0.3, -0.25) is 4.79 Å². The van der Waals surface area contributed by atoms with Crippen LogP contribution in [0.4, 0.5) is 5.69 Å². The summed E-state index contributed by atoms with van der Waals surface area (Å²) >= 11 is 0. The fourth-order valence-corrected chi connectivity index (χ4v) is 4.22. The van der Waals surface area contributed by atoms with Gasteiger partial charge in [0.05, 0.1) is 46.1 Å². The Kier molecular flexibility index (Phi) is 5.91. The summed E-state index contributed by atoms with van der Waals surface area (Å²) in [7, 11) is 6.01. The van der Waals surface area contributed by atoms with Crippen LogP contribution in [0.15, 0.2) is 54.6 Å². The van der Waals surface area contributed by atoms with Gasteiger partial charge in [-0.15, -0.1) is 0 Å². The molecule has 0 bridgehead atoms. The van der Waals surface area contributed by atoms with Gasteiger partial charge in [0.15, 0.2) is 23.0 Å². The lowest BCUT2D eigenvalue weighted by Gasteiger charge is -2.48. The number of anilines is 1. The van der Waals surface area contributed by atoms with E-state index in [1.807, 2.05) is 6.07 Å². The number of aromatic hydroxyl groups is 2.